The zero-order chi connectivity index (χ0) is 21.3. The van der Waals surface area contributed by atoms with Crippen molar-refractivity contribution >= 4 is 28.2 Å². The summed E-state index contributed by atoms with van der Waals surface area (Å²) in [6.07, 6.45) is 1.35. The van der Waals surface area contributed by atoms with E-state index in [1.165, 1.54) is 6.07 Å². The molecule has 30 heavy (non-hydrogen) atoms. The fourth-order valence-electron chi connectivity index (χ4n) is 4.08. The lowest BCUT2D eigenvalue weighted by Crippen LogP contribution is -2.33. The summed E-state index contributed by atoms with van der Waals surface area (Å²) in [6.45, 7) is 6.46. The van der Waals surface area contributed by atoms with Gasteiger partial charge in [-0.2, -0.15) is 0 Å². The maximum absolute atomic E-state index is 13.4. The lowest BCUT2D eigenvalue weighted by atomic mass is 9.95. The van der Waals surface area contributed by atoms with Crippen LogP contribution < -0.4 is 5.32 Å². The molecule has 1 aliphatic rings. The third-order valence-corrected chi connectivity index (χ3v) is 5.72. The van der Waals surface area contributed by atoms with Crippen molar-refractivity contribution in [3.8, 4) is 0 Å². The van der Waals surface area contributed by atoms with Gasteiger partial charge in [-0.25, -0.2) is 0 Å². The Morgan fingerprint density at radius 2 is 2.03 bits per heavy atom. The van der Waals surface area contributed by atoms with Gasteiger partial charge in [0.1, 0.15) is 0 Å². The molecule has 7 heteroatoms. The van der Waals surface area contributed by atoms with E-state index in [1.54, 1.807) is 12.1 Å². The summed E-state index contributed by atoms with van der Waals surface area (Å²) in [5.74, 6) is -0.263. The summed E-state index contributed by atoms with van der Waals surface area (Å²) in [7, 11) is 0. The van der Waals surface area contributed by atoms with Crippen molar-refractivity contribution in [1.82, 2.24) is 9.88 Å². The number of aryl methyl sites for hydroxylation is 1. The SMILES string of the molecule is CCc1ccc(NC(=O)c2c3c(nc4ccccc24)CCN(CC)C3)cc1[N+](=O)[O-]. The topological polar surface area (TPSA) is 88.4 Å². The summed E-state index contributed by atoms with van der Waals surface area (Å²) in [5.41, 5.74) is 4.38. The number of likely N-dealkylation sites (N-methyl/N-ethyl adjacent to an activating group) is 1. The normalized spacial score (nSPS) is 13.8. The number of hydrogen-bond acceptors (Lipinski definition) is 5. The summed E-state index contributed by atoms with van der Waals surface area (Å²) >= 11 is 0. The quantitative estimate of drug-likeness (QED) is 0.505. The van der Waals surface area contributed by atoms with Gasteiger partial charge in [0.05, 0.1) is 16.0 Å². The minimum Gasteiger partial charge on any atom is -0.322 e. The van der Waals surface area contributed by atoms with Gasteiger partial charge in [-0.15, -0.1) is 0 Å². The van der Waals surface area contributed by atoms with Crippen molar-refractivity contribution in [3.05, 3.63) is 75.0 Å². The first-order valence-electron chi connectivity index (χ1n) is 10.2. The lowest BCUT2D eigenvalue weighted by Gasteiger charge is -2.29. The van der Waals surface area contributed by atoms with Crippen molar-refractivity contribution in [2.75, 3.05) is 18.4 Å². The van der Waals surface area contributed by atoms with Crippen LogP contribution >= 0.6 is 0 Å². The predicted octanol–water partition coefficient (Wildman–Crippen LogP) is 4.34. The number of nitro groups is 1. The van der Waals surface area contributed by atoms with Crippen molar-refractivity contribution in [2.24, 2.45) is 0 Å². The van der Waals surface area contributed by atoms with E-state index in [0.29, 0.717) is 29.8 Å². The van der Waals surface area contributed by atoms with Crippen LogP contribution in [0.5, 0.6) is 0 Å². The van der Waals surface area contributed by atoms with Gasteiger partial charge in [-0.1, -0.05) is 38.1 Å². The molecule has 1 amide bonds. The van der Waals surface area contributed by atoms with Gasteiger partial charge in [0.25, 0.3) is 11.6 Å². The van der Waals surface area contributed by atoms with Crippen LogP contribution in [0.15, 0.2) is 42.5 Å². The Balaban J connectivity index is 1.78. The standard InChI is InChI=1S/C23H24N4O3/c1-3-15-9-10-16(13-21(15)27(29)30)24-23(28)22-17-7-5-6-8-19(17)25-20-11-12-26(4-2)14-18(20)22/h5-10,13H,3-4,11-12,14H2,1-2H3,(H,24,28). The van der Waals surface area contributed by atoms with Crippen molar-refractivity contribution in [1.29, 1.82) is 0 Å². The fraction of sp³-hybridized carbons (Fsp3) is 0.304. The second-order valence-electron chi connectivity index (χ2n) is 7.46. The Kier molecular flexibility index (Phi) is 5.46. The van der Waals surface area contributed by atoms with Crippen LogP contribution in [0.2, 0.25) is 0 Å². The van der Waals surface area contributed by atoms with Crippen LogP contribution in [-0.2, 0) is 19.4 Å². The van der Waals surface area contributed by atoms with E-state index < -0.39 is 4.92 Å². The second-order valence-corrected chi connectivity index (χ2v) is 7.46. The number of carbonyl (C=O) groups excluding carboxylic acids is 1. The first-order valence-corrected chi connectivity index (χ1v) is 10.2. The Bertz CT molecular complexity index is 1140. The molecule has 4 rings (SSSR count). The number of carbonyl (C=O) groups is 1. The molecule has 0 fully saturated rings. The molecule has 3 aromatic rings. The van der Waals surface area contributed by atoms with Gasteiger partial charge in [0.2, 0.25) is 0 Å². The van der Waals surface area contributed by atoms with E-state index in [9.17, 15) is 14.9 Å². The number of amides is 1. The van der Waals surface area contributed by atoms with Crippen molar-refractivity contribution in [3.63, 3.8) is 0 Å². The molecular weight excluding hydrogens is 380 g/mol. The molecule has 0 spiro atoms. The number of para-hydroxylation sites is 1. The Hall–Kier alpha value is -3.32. The minimum absolute atomic E-state index is 0.0223. The smallest absolute Gasteiger partial charge is 0.274 e. The maximum atomic E-state index is 13.4. The van der Waals surface area contributed by atoms with Gasteiger partial charge in [0, 0.05) is 53.5 Å². The van der Waals surface area contributed by atoms with Crippen molar-refractivity contribution < 1.29 is 9.72 Å². The highest BCUT2D eigenvalue weighted by molar-refractivity contribution is 6.13. The van der Waals surface area contributed by atoms with Gasteiger partial charge in [0.15, 0.2) is 0 Å². The zero-order valence-electron chi connectivity index (χ0n) is 17.1. The molecule has 0 aliphatic carbocycles. The van der Waals surface area contributed by atoms with Crippen LogP contribution in [0.25, 0.3) is 10.9 Å². The highest BCUT2D eigenvalue weighted by Crippen LogP contribution is 2.30. The maximum Gasteiger partial charge on any atom is 0.274 e. The van der Waals surface area contributed by atoms with Crippen LogP contribution in [0, 0.1) is 10.1 Å². The van der Waals surface area contributed by atoms with E-state index in [4.69, 9.17) is 4.98 Å². The van der Waals surface area contributed by atoms with Gasteiger partial charge >= 0.3 is 0 Å². The molecule has 1 aliphatic heterocycles. The van der Waals surface area contributed by atoms with Crippen molar-refractivity contribution in [2.45, 2.75) is 33.2 Å². The number of hydrogen-bond donors (Lipinski definition) is 1. The number of pyridine rings is 1. The van der Waals surface area contributed by atoms with E-state index in [1.807, 2.05) is 31.2 Å². The zero-order valence-corrected chi connectivity index (χ0v) is 17.1. The average molecular weight is 404 g/mol. The largest absolute Gasteiger partial charge is 0.322 e. The summed E-state index contributed by atoms with van der Waals surface area (Å²) < 4.78 is 0. The Labute approximate surface area is 174 Å². The molecule has 2 heterocycles. The lowest BCUT2D eigenvalue weighted by molar-refractivity contribution is -0.385. The van der Waals surface area contributed by atoms with E-state index in [2.05, 4.69) is 17.1 Å². The number of rotatable bonds is 5. The Morgan fingerprint density at radius 1 is 1.23 bits per heavy atom. The molecule has 2 aromatic carbocycles. The number of fused-ring (bicyclic) bond motifs is 2. The number of aromatic nitrogens is 1. The van der Waals surface area contributed by atoms with E-state index >= 15 is 0 Å². The van der Waals surface area contributed by atoms with Gasteiger partial charge < -0.3 is 5.32 Å². The third-order valence-electron chi connectivity index (χ3n) is 5.72. The first kappa shape index (κ1) is 20.0. The Morgan fingerprint density at radius 3 is 2.77 bits per heavy atom. The number of anilines is 1. The first-order chi connectivity index (χ1) is 14.5. The highest BCUT2D eigenvalue weighted by Gasteiger charge is 2.25. The summed E-state index contributed by atoms with van der Waals surface area (Å²) in [5, 5.41) is 15.1. The molecule has 0 unspecified atom stereocenters. The molecule has 0 atom stereocenters. The highest BCUT2D eigenvalue weighted by atomic mass is 16.6. The number of nitrogens with zero attached hydrogens (tertiary/aromatic N) is 3. The van der Waals surface area contributed by atoms with E-state index in [-0.39, 0.29) is 11.6 Å². The molecule has 0 saturated heterocycles. The molecule has 0 radical (unpaired) electrons. The van der Waals surface area contributed by atoms with Gasteiger partial charge in [-0.05, 0) is 25.1 Å². The number of nitro benzene ring substituents is 1. The molecule has 1 N–H and O–H groups in total. The number of benzene rings is 2. The van der Waals surface area contributed by atoms with Crippen LogP contribution in [0.1, 0.15) is 41.0 Å². The predicted molar refractivity (Wildman–Crippen MR) is 117 cm³/mol. The molecule has 154 valence electrons. The molecule has 0 saturated carbocycles. The monoisotopic (exact) mass is 404 g/mol. The number of nitrogens with one attached hydrogen (secondary N) is 1. The van der Waals surface area contributed by atoms with Gasteiger partial charge in [-0.3, -0.25) is 24.8 Å². The molecule has 0 bridgehead atoms. The molecule has 7 nitrogen and oxygen atoms in total. The van der Waals surface area contributed by atoms with Crippen LogP contribution in [-0.4, -0.2) is 33.8 Å². The second kappa shape index (κ2) is 8.20. The minimum atomic E-state index is -0.405. The molecule has 1 aromatic heterocycles. The third kappa shape index (κ3) is 3.64. The summed E-state index contributed by atoms with van der Waals surface area (Å²) in [6, 6.07) is 12.5. The summed E-state index contributed by atoms with van der Waals surface area (Å²) in [4.78, 5) is 31.5. The van der Waals surface area contributed by atoms with Crippen LogP contribution in [0.3, 0.4) is 0 Å². The van der Waals surface area contributed by atoms with E-state index in [0.717, 1.165) is 41.7 Å². The molecular formula is C23H24N4O3. The average Bonchev–Trinajstić information content (AvgIpc) is 2.76. The van der Waals surface area contributed by atoms with Crippen LogP contribution in [0.4, 0.5) is 11.4 Å². The fourth-order valence-corrected chi connectivity index (χ4v) is 4.08.